The van der Waals surface area contributed by atoms with E-state index in [0.717, 1.165) is 29.7 Å². The van der Waals surface area contributed by atoms with Gasteiger partial charge in [0, 0.05) is 18.2 Å². The van der Waals surface area contributed by atoms with Crippen LogP contribution in [0.5, 0.6) is 5.75 Å². The Morgan fingerprint density at radius 1 is 1.16 bits per heavy atom. The molecule has 0 aliphatic heterocycles. The second-order valence-corrected chi connectivity index (χ2v) is 7.77. The summed E-state index contributed by atoms with van der Waals surface area (Å²) < 4.78 is 5.52. The van der Waals surface area contributed by atoms with Crippen molar-refractivity contribution in [3.63, 3.8) is 0 Å². The third-order valence-corrected chi connectivity index (χ3v) is 6.51. The number of hydrogen-bond donors (Lipinski definition) is 3. The van der Waals surface area contributed by atoms with Crippen molar-refractivity contribution in [2.24, 2.45) is 23.7 Å². The molecule has 2 amide bonds. The van der Waals surface area contributed by atoms with Gasteiger partial charge in [-0.2, -0.15) is 0 Å². The molecular weight excluding hydrogens is 316 g/mol. The predicted molar refractivity (Wildman–Crippen MR) is 95.2 cm³/mol. The molecule has 5 heteroatoms. The molecule has 0 heterocycles. The molecule has 0 radical (unpaired) electrons. The highest BCUT2D eigenvalue weighted by Crippen LogP contribution is 2.58. The van der Waals surface area contributed by atoms with Crippen LogP contribution in [0.2, 0.25) is 0 Å². The quantitative estimate of drug-likeness (QED) is 0.743. The average Bonchev–Trinajstić information content (AvgIpc) is 3.32. The second-order valence-electron chi connectivity index (χ2n) is 7.77. The van der Waals surface area contributed by atoms with Crippen LogP contribution in [-0.2, 0) is 6.54 Å². The van der Waals surface area contributed by atoms with Gasteiger partial charge in [0.05, 0.1) is 6.61 Å². The molecule has 0 spiro atoms. The summed E-state index contributed by atoms with van der Waals surface area (Å²) >= 11 is 0. The van der Waals surface area contributed by atoms with Gasteiger partial charge in [-0.1, -0.05) is 24.6 Å². The number of rotatable bonds is 6. The first-order valence-electron chi connectivity index (χ1n) is 9.62. The fourth-order valence-corrected chi connectivity index (χ4v) is 5.58. The summed E-state index contributed by atoms with van der Waals surface area (Å²) in [5.74, 6) is 4.06. The Hall–Kier alpha value is -1.75. The van der Waals surface area contributed by atoms with Gasteiger partial charge in [-0.15, -0.1) is 0 Å². The van der Waals surface area contributed by atoms with E-state index in [-0.39, 0.29) is 19.2 Å². The van der Waals surface area contributed by atoms with Gasteiger partial charge >= 0.3 is 6.03 Å². The number of aliphatic hydroxyl groups is 1. The molecule has 1 aromatic rings. The van der Waals surface area contributed by atoms with E-state index in [2.05, 4.69) is 10.6 Å². The lowest BCUT2D eigenvalue weighted by Crippen LogP contribution is -2.46. The molecule has 4 rings (SSSR count). The Labute approximate surface area is 149 Å². The standard InChI is InChI=1S/C20H28N2O3/c23-8-9-25-19-7-2-1-4-13(19)12-21-20(24)22-18-11-14-10-17(18)16-6-3-5-15(14)16/h1-2,4,7,14-18,23H,3,5-6,8-12H2,(H2,21,22,24). The molecule has 5 nitrogen and oxygen atoms in total. The molecule has 0 aromatic heterocycles. The molecule has 3 saturated carbocycles. The zero-order chi connectivity index (χ0) is 17.2. The Bertz CT molecular complexity index is 621. The predicted octanol–water partition coefficient (Wildman–Crippen LogP) is 2.68. The van der Waals surface area contributed by atoms with Crippen LogP contribution in [0.4, 0.5) is 4.79 Å². The topological polar surface area (TPSA) is 70.6 Å². The van der Waals surface area contributed by atoms with E-state index >= 15 is 0 Å². The number of carbonyl (C=O) groups excluding carboxylic acids is 1. The van der Waals surface area contributed by atoms with Gasteiger partial charge < -0.3 is 20.5 Å². The van der Waals surface area contributed by atoms with Crippen molar-refractivity contribution >= 4 is 6.03 Å². The monoisotopic (exact) mass is 344 g/mol. The van der Waals surface area contributed by atoms with Crippen LogP contribution < -0.4 is 15.4 Å². The van der Waals surface area contributed by atoms with E-state index in [9.17, 15) is 4.79 Å². The first kappa shape index (κ1) is 16.7. The van der Waals surface area contributed by atoms with Crippen molar-refractivity contribution < 1.29 is 14.6 Å². The molecular formula is C20H28N2O3. The molecule has 0 saturated heterocycles. The molecule has 3 aliphatic rings. The summed E-state index contributed by atoms with van der Waals surface area (Å²) in [7, 11) is 0. The maximum absolute atomic E-state index is 12.4. The van der Waals surface area contributed by atoms with Crippen LogP contribution in [-0.4, -0.2) is 30.4 Å². The molecule has 136 valence electrons. The molecule has 25 heavy (non-hydrogen) atoms. The van der Waals surface area contributed by atoms with Crippen molar-refractivity contribution in [2.75, 3.05) is 13.2 Å². The average molecular weight is 344 g/mol. The maximum atomic E-state index is 12.4. The molecule has 5 unspecified atom stereocenters. The van der Waals surface area contributed by atoms with E-state index in [0.29, 0.717) is 24.3 Å². The Balaban J connectivity index is 1.29. The van der Waals surface area contributed by atoms with Crippen LogP contribution in [0.15, 0.2) is 24.3 Å². The van der Waals surface area contributed by atoms with E-state index in [1.54, 1.807) is 0 Å². The van der Waals surface area contributed by atoms with Crippen molar-refractivity contribution in [2.45, 2.75) is 44.7 Å². The number of ether oxygens (including phenoxy) is 1. The van der Waals surface area contributed by atoms with Crippen molar-refractivity contribution in [3.8, 4) is 5.75 Å². The van der Waals surface area contributed by atoms with Crippen molar-refractivity contribution in [3.05, 3.63) is 29.8 Å². The summed E-state index contributed by atoms with van der Waals surface area (Å²) in [4.78, 5) is 12.4. The number of fused-ring (bicyclic) bond motifs is 5. The molecule has 3 N–H and O–H groups in total. The minimum Gasteiger partial charge on any atom is -0.491 e. The molecule has 2 bridgehead atoms. The summed E-state index contributed by atoms with van der Waals surface area (Å²) in [6.07, 6.45) is 6.63. The SMILES string of the molecule is O=C(NCc1ccccc1OCCO)NC1CC2CC1C1CCCC21. The number of benzene rings is 1. The first-order valence-corrected chi connectivity index (χ1v) is 9.62. The zero-order valence-electron chi connectivity index (χ0n) is 14.6. The maximum Gasteiger partial charge on any atom is 0.315 e. The van der Waals surface area contributed by atoms with Gasteiger partial charge in [0.25, 0.3) is 0 Å². The van der Waals surface area contributed by atoms with Gasteiger partial charge in [-0.05, 0) is 55.4 Å². The Morgan fingerprint density at radius 2 is 2.00 bits per heavy atom. The lowest BCUT2D eigenvalue weighted by atomic mass is 9.79. The highest BCUT2D eigenvalue weighted by molar-refractivity contribution is 5.74. The summed E-state index contributed by atoms with van der Waals surface area (Å²) in [6, 6.07) is 7.89. The fourth-order valence-electron chi connectivity index (χ4n) is 5.58. The molecule has 5 atom stereocenters. The third-order valence-electron chi connectivity index (χ3n) is 6.51. The van der Waals surface area contributed by atoms with E-state index in [1.165, 1.54) is 25.7 Å². The summed E-state index contributed by atoms with van der Waals surface area (Å²) in [6.45, 7) is 0.672. The molecule has 3 aliphatic carbocycles. The van der Waals surface area contributed by atoms with E-state index < -0.39 is 0 Å². The normalized spacial score (nSPS) is 32.4. The highest BCUT2D eigenvalue weighted by atomic mass is 16.5. The smallest absolute Gasteiger partial charge is 0.315 e. The Morgan fingerprint density at radius 3 is 2.88 bits per heavy atom. The van der Waals surface area contributed by atoms with E-state index in [1.807, 2.05) is 24.3 Å². The van der Waals surface area contributed by atoms with Gasteiger partial charge in [0.1, 0.15) is 12.4 Å². The number of urea groups is 1. The largest absolute Gasteiger partial charge is 0.491 e. The fraction of sp³-hybridized carbons (Fsp3) is 0.650. The third kappa shape index (κ3) is 3.34. The zero-order valence-corrected chi connectivity index (χ0v) is 14.6. The van der Waals surface area contributed by atoms with Crippen LogP contribution in [0.1, 0.15) is 37.7 Å². The number of hydrogen-bond acceptors (Lipinski definition) is 3. The van der Waals surface area contributed by atoms with Crippen molar-refractivity contribution in [1.82, 2.24) is 10.6 Å². The van der Waals surface area contributed by atoms with Crippen LogP contribution in [0.3, 0.4) is 0 Å². The van der Waals surface area contributed by atoms with Gasteiger partial charge in [-0.3, -0.25) is 0 Å². The number of carbonyl (C=O) groups is 1. The van der Waals surface area contributed by atoms with Crippen LogP contribution in [0.25, 0.3) is 0 Å². The van der Waals surface area contributed by atoms with Gasteiger partial charge in [0.15, 0.2) is 0 Å². The minimum absolute atomic E-state index is 0.0192. The number of para-hydroxylation sites is 1. The number of nitrogens with one attached hydrogen (secondary N) is 2. The second kappa shape index (κ2) is 7.24. The minimum atomic E-state index is -0.0796. The van der Waals surface area contributed by atoms with Crippen LogP contribution >= 0.6 is 0 Å². The summed E-state index contributed by atoms with van der Waals surface area (Å²) in [5, 5.41) is 15.1. The van der Waals surface area contributed by atoms with Crippen LogP contribution in [0, 0.1) is 23.7 Å². The first-order chi connectivity index (χ1) is 12.3. The van der Waals surface area contributed by atoms with E-state index in [4.69, 9.17) is 9.84 Å². The molecule has 1 aromatic carbocycles. The highest BCUT2D eigenvalue weighted by Gasteiger charge is 2.54. The lowest BCUT2D eigenvalue weighted by molar-refractivity contribution is 0.196. The van der Waals surface area contributed by atoms with Crippen molar-refractivity contribution in [1.29, 1.82) is 0 Å². The van der Waals surface area contributed by atoms with Gasteiger partial charge in [-0.25, -0.2) is 4.79 Å². The number of amides is 2. The molecule has 3 fully saturated rings. The summed E-state index contributed by atoms with van der Waals surface area (Å²) in [5.41, 5.74) is 0.926. The lowest BCUT2D eigenvalue weighted by Gasteiger charge is -2.32. The number of aliphatic hydroxyl groups excluding tert-OH is 1. The Kier molecular flexibility index (Phi) is 4.84. The van der Waals surface area contributed by atoms with Gasteiger partial charge in [0.2, 0.25) is 0 Å².